The van der Waals surface area contributed by atoms with E-state index in [0.29, 0.717) is 31.1 Å². The van der Waals surface area contributed by atoms with E-state index in [4.69, 9.17) is 0 Å². The van der Waals surface area contributed by atoms with Gasteiger partial charge in [0.2, 0.25) is 10.0 Å². The Labute approximate surface area is 130 Å². The number of aromatic amines is 1. The Hall–Kier alpha value is -1.70. The molecule has 0 atom stereocenters. The molecule has 0 saturated carbocycles. The van der Waals surface area contributed by atoms with Crippen molar-refractivity contribution >= 4 is 10.0 Å². The highest BCUT2D eigenvalue weighted by atomic mass is 32.2. The van der Waals surface area contributed by atoms with Crippen LogP contribution in [0, 0.1) is 0 Å². The quantitative estimate of drug-likeness (QED) is 0.845. The van der Waals surface area contributed by atoms with Crippen molar-refractivity contribution in [3.63, 3.8) is 0 Å². The first-order valence-corrected chi connectivity index (χ1v) is 8.88. The Morgan fingerprint density at radius 2 is 1.86 bits per heavy atom. The molecule has 0 bridgehead atoms. The Morgan fingerprint density at radius 1 is 1.14 bits per heavy atom. The maximum Gasteiger partial charge on any atom is 0.243 e. The summed E-state index contributed by atoms with van der Waals surface area (Å²) in [5.74, 6) is 0.883. The third-order valence-corrected chi connectivity index (χ3v) is 5.72. The van der Waals surface area contributed by atoms with Crippen LogP contribution in [0.25, 0.3) is 0 Å². The zero-order valence-corrected chi connectivity index (χ0v) is 13.1. The van der Waals surface area contributed by atoms with Crippen LogP contribution in [0.5, 0.6) is 0 Å². The van der Waals surface area contributed by atoms with E-state index in [1.54, 1.807) is 28.8 Å². The van der Waals surface area contributed by atoms with Gasteiger partial charge in [-0.15, -0.1) is 0 Å². The Kier molecular flexibility index (Phi) is 4.56. The van der Waals surface area contributed by atoms with Crippen molar-refractivity contribution in [1.82, 2.24) is 19.6 Å². The van der Waals surface area contributed by atoms with Gasteiger partial charge in [0.1, 0.15) is 5.82 Å². The molecule has 2 heterocycles. The molecule has 0 radical (unpaired) electrons. The molecular weight excluding hydrogens is 300 g/mol. The topological polar surface area (TPSA) is 78.1 Å². The summed E-state index contributed by atoms with van der Waals surface area (Å²) in [5.41, 5.74) is 1.05. The van der Waals surface area contributed by atoms with Gasteiger partial charge >= 0.3 is 0 Å². The van der Waals surface area contributed by atoms with Crippen LogP contribution in [-0.4, -0.2) is 35.8 Å². The van der Waals surface area contributed by atoms with E-state index in [9.17, 15) is 8.42 Å². The molecule has 1 fully saturated rings. The normalized spacial score (nSPS) is 16.2. The SMILES string of the molecule is O=S(=O)(c1ccc(CNCc2ncc[nH]2)cc1)N1CCCC1. The van der Waals surface area contributed by atoms with Crippen molar-refractivity contribution in [1.29, 1.82) is 0 Å². The maximum absolute atomic E-state index is 12.4. The second-order valence-electron chi connectivity index (χ2n) is 5.39. The molecule has 1 aliphatic rings. The molecule has 1 aromatic carbocycles. The van der Waals surface area contributed by atoms with E-state index in [2.05, 4.69) is 15.3 Å². The summed E-state index contributed by atoms with van der Waals surface area (Å²) in [6, 6.07) is 7.10. The van der Waals surface area contributed by atoms with Crippen molar-refractivity contribution in [3.8, 4) is 0 Å². The third-order valence-electron chi connectivity index (χ3n) is 3.80. The van der Waals surface area contributed by atoms with Crippen LogP contribution in [-0.2, 0) is 23.1 Å². The van der Waals surface area contributed by atoms with Gasteiger partial charge in [-0.05, 0) is 30.5 Å². The lowest BCUT2D eigenvalue weighted by Crippen LogP contribution is -2.27. The molecule has 22 heavy (non-hydrogen) atoms. The van der Waals surface area contributed by atoms with Gasteiger partial charge in [0, 0.05) is 32.0 Å². The van der Waals surface area contributed by atoms with E-state index >= 15 is 0 Å². The molecule has 0 amide bonds. The largest absolute Gasteiger partial charge is 0.348 e. The fraction of sp³-hybridized carbons (Fsp3) is 0.400. The molecule has 1 aromatic heterocycles. The number of rotatable bonds is 6. The molecule has 0 unspecified atom stereocenters. The average Bonchev–Trinajstić information content (AvgIpc) is 3.21. The molecule has 2 aromatic rings. The molecule has 0 aliphatic carbocycles. The smallest absolute Gasteiger partial charge is 0.243 e. The summed E-state index contributed by atoms with van der Waals surface area (Å²) in [7, 11) is -3.31. The highest BCUT2D eigenvalue weighted by Gasteiger charge is 2.26. The molecule has 1 saturated heterocycles. The second-order valence-corrected chi connectivity index (χ2v) is 7.33. The molecule has 118 valence electrons. The summed E-state index contributed by atoms with van der Waals surface area (Å²) >= 11 is 0. The molecule has 0 spiro atoms. The molecular formula is C15H20N4O2S. The van der Waals surface area contributed by atoms with Crippen LogP contribution in [0.2, 0.25) is 0 Å². The summed E-state index contributed by atoms with van der Waals surface area (Å²) in [5, 5.41) is 3.26. The van der Waals surface area contributed by atoms with Crippen molar-refractivity contribution in [2.75, 3.05) is 13.1 Å². The molecule has 3 rings (SSSR count). The standard InChI is InChI=1S/C15H20N4O2S/c20-22(21,19-9-1-2-10-19)14-5-3-13(4-6-14)11-16-12-15-17-7-8-18-15/h3-8,16H,1-2,9-12H2,(H,17,18). The number of nitrogens with one attached hydrogen (secondary N) is 2. The zero-order valence-electron chi connectivity index (χ0n) is 12.3. The van der Waals surface area contributed by atoms with Crippen LogP contribution in [0.4, 0.5) is 0 Å². The minimum absolute atomic E-state index is 0.379. The molecule has 2 N–H and O–H groups in total. The Morgan fingerprint density at radius 3 is 2.50 bits per heavy atom. The maximum atomic E-state index is 12.4. The first kappa shape index (κ1) is 15.2. The van der Waals surface area contributed by atoms with Crippen molar-refractivity contribution in [3.05, 3.63) is 48.0 Å². The highest BCUT2D eigenvalue weighted by Crippen LogP contribution is 2.21. The lowest BCUT2D eigenvalue weighted by Gasteiger charge is -2.15. The number of benzene rings is 1. The van der Waals surface area contributed by atoms with E-state index in [0.717, 1.165) is 24.2 Å². The van der Waals surface area contributed by atoms with Crippen molar-refractivity contribution < 1.29 is 8.42 Å². The van der Waals surface area contributed by atoms with Gasteiger partial charge in [-0.25, -0.2) is 13.4 Å². The number of aromatic nitrogens is 2. The van der Waals surface area contributed by atoms with Gasteiger partial charge in [-0.1, -0.05) is 12.1 Å². The number of imidazole rings is 1. The predicted octanol–water partition coefficient (Wildman–Crippen LogP) is 1.48. The van der Waals surface area contributed by atoms with Crippen LogP contribution in [0.15, 0.2) is 41.6 Å². The number of H-pyrrole nitrogens is 1. The zero-order chi connectivity index (χ0) is 15.4. The van der Waals surface area contributed by atoms with Gasteiger partial charge in [-0.2, -0.15) is 4.31 Å². The van der Waals surface area contributed by atoms with E-state index in [1.807, 2.05) is 12.1 Å². The van der Waals surface area contributed by atoms with Gasteiger partial charge in [0.15, 0.2) is 0 Å². The Bertz CT molecular complexity index is 690. The monoisotopic (exact) mass is 320 g/mol. The summed E-state index contributed by atoms with van der Waals surface area (Å²) in [6.07, 6.45) is 5.41. The van der Waals surface area contributed by atoms with Crippen molar-refractivity contribution in [2.24, 2.45) is 0 Å². The second kappa shape index (κ2) is 6.60. The summed E-state index contributed by atoms with van der Waals surface area (Å²) in [4.78, 5) is 7.54. The van der Waals surface area contributed by atoms with Gasteiger partial charge in [0.05, 0.1) is 11.4 Å². The fourth-order valence-corrected chi connectivity index (χ4v) is 4.09. The predicted molar refractivity (Wildman–Crippen MR) is 83.6 cm³/mol. The molecule has 6 nitrogen and oxygen atoms in total. The third kappa shape index (κ3) is 3.37. The van der Waals surface area contributed by atoms with E-state index < -0.39 is 10.0 Å². The van der Waals surface area contributed by atoms with Gasteiger partial charge in [-0.3, -0.25) is 0 Å². The molecule has 1 aliphatic heterocycles. The number of nitrogens with zero attached hydrogens (tertiary/aromatic N) is 2. The number of hydrogen-bond donors (Lipinski definition) is 2. The fourth-order valence-electron chi connectivity index (χ4n) is 2.58. The van der Waals surface area contributed by atoms with E-state index in [1.165, 1.54) is 0 Å². The number of sulfonamides is 1. The first-order chi connectivity index (χ1) is 10.7. The van der Waals surface area contributed by atoms with E-state index in [-0.39, 0.29) is 0 Å². The lowest BCUT2D eigenvalue weighted by atomic mass is 10.2. The molecule has 7 heteroatoms. The summed E-state index contributed by atoms with van der Waals surface area (Å²) < 4.78 is 26.4. The highest BCUT2D eigenvalue weighted by molar-refractivity contribution is 7.89. The van der Waals surface area contributed by atoms with Crippen LogP contribution < -0.4 is 5.32 Å². The minimum Gasteiger partial charge on any atom is -0.348 e. The Balaban J connectivity index is 1.60. The van der Waals surface area contributed by atoms with Crippen LogP contribution in [0.1, 0.15) is 24.2 Å². The van der Waals surface area contributed by atoms with Crippen molar-refractivity contribution in [2.45, 2.75) is 30.8 Å². The van der Waals surface area contributed by atoms with Crippen LogP contribution >= 0.6 is 0 Å². The van der Waals surface area contributed by atoms with Crippen LogP contribution in [0.3, 0.4) is 0 Å². The van der Waals surface area contributed by atoms with Gasteiger partial charge < -0.3 is 10.3 Å². The minimum atomic E-state index is -3.31. The lowest BCUT2D eigenvalue weighted by molar-refractivity contribution is 0.477. The first-order valence-electron chi connectivity index (χ1n) is 7.44. The average molecular weight is 320 g/mol. The van der Waals surface area contributed by atoms with Gasteiger partial charge in [0.25, 0.3) is 0 Å². The summed E-state index contributed by atoms with van der Waals surface area (Å²) in [6.45, 7) is 2.59. The number of hydrogen-bond acceptors (Lipinski definition) is 4.